The SMILES string of the molecule is Cc1ccc(C(=O)NNC(=O)c2ccc(S(=O)(=O)N(C)C)cc2)cc1. The van der Waals surface area contributed by atoms with Gasteiger partial charge in [-0.3, -0.25) is 20.4 Å². The maximum Gasteiger partial charge on any atom is 0.269 e. The standard InChI is InChI=1S/C17H19N3O4S/c1-12-4-6-13(7-5-12)16(21)18-19-17(22)14-8-10-15(11-9-14)25(23,24)20(2)3/h4-11H,1-3H3,(H,18,21)(H,19,22). The van der Waals surface area contributed by atoms with Crippen LogP contribution in [0.3, 0.4) is 0 Å². The highest BCUT2D eigenvalue weighted by Crippen LogP contribution is 2.13. The van der Waals surface area contributed by atoms with Gasteiger partial charge in [0.2, 0.25) is 10.0 Å². The summed E-state index contributed by atoms with van der Waals surface area (Å²) in [6.07, 6.45) is 0. The molecule has 0 aliphatic heterocycles. The molecule has 2 aromatic rings. The van der Waals surface area contributed by atoms with Gasteiger partial charge in [0, 0.05) is 25.2 Å². The van der Waals surface area contributed by atoms with Gasteiger partial charge in [-0.2, -0.15) is 0 Å². The number of nitrogens with one attached hydrogen (secondary N) is 2. The van der Waals surface area contributed by atoms with E-state index in [1.54, 1.807) is 24.3 Å². The van der Waals surface area contributed by atoms with Gasteiger partial charge in [0.05, 0.1) is 4.90 Å². The van der Waals surface area contributed by atoms with E-state index < -0.39 is 21.8 Å². The van der Waals surface area contributed by atoms with Crippen molar-refractivity contribution in [2.24, 2.45) is 0 Å². The predicted molar refractivity (Wildman–Crippen MR) is 93.4 cm³/mol. The Balaban J connectivity index is 2.01. The van der Waals surface area contributed by atoms with Crippen LogP contribution in [-0.4, -0.2) is 38.6 Å². The quantitative estimate of drug-likeness (QED) is 0.803. The number of hydrogen-bond acceptors (Lipinski definition) is 4. The minimum absolute atomic E-state index is 0.0812. The molecule has 8 heteroatoms. The Morgan fingerprint density at radius 2 is 1.20 bits per heavy atom. The number of carbonyl (C=O) groups is 2. The molecule has 2 N–H and O–H groups in total. The average Bonchev–Trinajstić information content (AvgIpc) is 2.60. The molecule has 25 heavy (non-hydrogen) atoms. The van der Waals surface area contributed by atoms with Gasteiger partial charge in [-0.05, 0) is 43.3 Å². The summed E-state index contributed by atoms with van der Waals surface area (Å²) in [5.74, 6) is -0.991. The van der Waals surface area contributed by atoms with Crippen LogP contribution in [0.2, 0.25) is 0 Å². The lowest BCUT2D eigenvalue weighted by Crippen LogP contribution is -2.41. The van der Waals surface area contributed by atoms with E-state index in [0.717, 1.165) is 9.87 Å². The molecule has 2 rings (SSSR count). The van der Waals surface area contributed by atoms with E-state index in [1.807, 2.05) is 6.92 Å². The van der Waals surface area contributed by atoms with Crippen LogP contribution in [-0.2, 0) is 10.0 Å². The molecule has 0 fully saturated rings. The maximum atomic E-state index is 12.0. The minimum atomic E-state index is -3.55. The molecule has 0 aliphatic rings. The van der Waals surface area contributed by atoms with E-state index in [0.29, 0.717) is 5.56 Å². The first-order valence-corrected chi connectivity index (χ1v) is 8.86. The van der Waals surface area contributed by atoms with Gasteiger partial charge in [-0.25, -0.2) is 12.7 Å². The highest BCUT2D eigenvalue weighted by molar-refractivity contribution is 7.89. The summed E-state index contributed by atoms with van der Waals surface area (Å²) < 4.78 is 25.0. The van der Waals surface area contributed by atoms with Crippen LogP contribution in [0.25, 0.3) is 0 Å². The third-order valence-corrected chi connectivity index (χ3v) is 5.33. The zero-order chi connectivity index (χ0) is 18.6. The van der Waals surface area contributed by atoms with Crippen molar-refractivity contribution in [3.8, 4) is 0 Å². The fourth-order valence-corrected chi connectivity index (χ4v) is 2.85. The summed E-state index contributed by atoms with van der Waals surface area (Å²) in [6.45, 7) is 1.91. The van der Waals surface area contributed by atoms with Crippen LogP contribution < -0.4 is 10.9 Å². The monoisotopic (exact) mass is 361 g/mol. The average molecular weight is 361 g/mol. The van der Waals surface area contributed by atoms with Crippen molar-refractivity contribution >= 4 is 21.8 Å². The summed E-state index contributed by atoms with van der Waals surface area (Å²) in [7, 11) is -0.698. The first-order chi connectivity index (χ1) is 11.7. The van der Waals surface area contributed by atoms with Crippen molar-refractivity contribution in [1.29, 1.82) is 0 Å². The molecule has 0 bridgehead atoms. The van der Waals surface area contributed by atoms with Gasteiger partial charge < -0.3 is 0 Å². The van der Waals surface area contributed by atoms with Gasteiger partial charge in [-0.1, -0.05) is 17.7 Å². The molecule has 0 atom stereocenters. The molecule has 0 saturated heterocycles. The highest BCUT2D eigenvalue weighted by atomic mass is 32.2. The summed E-state index contributed by atoms with van der Waals surface area (Å²) in [4.78, 5) is 24.1. The van der Waals surface area contributed by atoms with E-state index in [2.05, 4.69) is 10.9 Å². The van der Waals surface area contributed by atoms with Gasteiger partial charge in [-0.15, -0.1) is 0 Å². The van der Waals surface area contributed by atoms with Crippen LogP contribution >= 0.6 is 0 Å². The number of amides is 2. The van der Waals surface area contributed by atoms with Crippen LogP contribution in [0.15, 0.2) is 53.4 Å². The van der Waals surface area contributed by atoms with Crippen LogP contribution in [0.1, 0.15) is 26.3 Å². The normalized spacial score (nSPS) is 11.2. The zero-order valence-electron chi connectivity index (χ0n) is 14.1. The predicted octanol–water partition coefficient (Wildman–Crippen LogP) is 1.32. The smallest absolute Gasteiger partial charge is 0.267 e. The summed E-state index contributed by atoms with van der Waals surface area (Å²) in [5, 5.41) is 0. The second kappa shape index (κ2) is 7.45. The van der Waals surface area contributed by atoms with E-state index in [1.165, 1.54) is 38.4 Å². The van der Waals surface area contributed by atoms with Crippen molar-refractivity contribution in [1.82, 2.24) is 15.2 Å². The Morgan fingerprint density at radius 1 is 0.800 bits per heavy atom. The first-order valence-electron chi connectivity index (χ1n) is 7.42. The Bertz CT molecular complexity index is 873. The van der Waals surface area contributed by atoms with E-state index in [-0.39, 0.29) is 10.5 Å². The topological polar surface area (TPSA) is 95.6 Å². The Labute approximate surface area is 146 Å². The fourth-order valence-electron chi connectivity index (χ4n) is 1.95. The minimum Gasteiger partial charge on any atom is -0.267 e. The molecule has 0 heterocycles. The van der Waals surface area contributed by atoms with Crippen molar-refractivity contribution in [2.75, 3.05) is 14.1 Å². The third-order valence-electron chi connectivity index (χ3n) is 3.50. The number of sulfonamides is 1. The second-order valence-corrected chi connectivity index (χ2v) is 7.74. The molecule has 0 unspecified atom stereocenters. The Kier molecular flexibility index (Phi) is 5.55. The fraction of sp³-hybridized carbons (Fsp3) is 0.176. The molecule has 0 saturated carbocycles. The zero-order valence-corrected chi connectivity index (χ0v) is 14.9. The Morgan fingerprint density at radius 3 is 1.60 bits per heavy atom. The van der Waals surface area contributed by atoms with Gasteiger partial charge in [0.15, 0.2) is 0 Å². The summed E-state index contributed by atoms with van der Waals surface area (Å²) in [6, 6.07) is 12.3. The van der Waals surface area contributed by atoms with E-state index in [4.69, 9.17) is 0 Å². The number of aryl methyl sites for hydroxylation is 1. The van der Waals surface area contributed by atoms with Crippen LogP contribution in [0.4, 0.5) is 0 Å². The molecule has 0 radical (unpaired) electrons. The molecule has 2 amide bonds. The molecule has 0 spiro atoms. The summed E-state index contributed by atoms with van der Waals surface area (Å²) in [5.41, 5.74) is 6.27. The van der Waals surface area contributed by atoms with Crippen molar-refractivity contribution in [2.45, 2.75) is 11.8 Å². The molecule has 7 nitrogen and oxygen atoms in total. The summed E-state index contributed by atoms with van der Waals surface area (Å²) >= 11 is 0. The highest BCUT2D eigenvalue weighted by Gasteiger charge is 2.17. The van der Waals surface area contributed by atoms with Crippen molar-refractivity contribution in [3.63, 3.8) is 0 Å². The first kappa shape index (κ1) is 18.6. The number of hydrogen-bond donors (Lipinski definition) is 2. The van der Waals surface area contributed by atoms with E-state index >= 15 is 0 Å². The molecular weight excluding hydrogens is 342 g/mol. The number of hydrazine groups is 1. The Hall–Kier alpha value is -2.71. The largest absolute Gasteiger partial charge is 0.269 e. The second-order valence-electron chi connectivity index (χ2n) is 5.59. The maximum absolute atomic E-state index is 12.0. The third kappa shape index (κ3) is 4.43. The van der Waals surface area contributed by atoms with Gasteiger partial charge in [0.1, 0.15) is 0 Å². The molecule has 132 valence electrons. The lowest BCUT2D eigenvalue weighted by Gasteiger charge is -2.12. The number of rotatable bonds is 4. The molecular formula is C17H19N3O4S. The molecule has 2 aromatic carbocycles. The van der Waals surface area contributed by atoms with Gasteiger partial charge in [0.25, 0.3) is 11.8 Å². The number of benzene rings is 2. The van der Waals surface area contributed by atoms with Crippen LogP contribution in [0, 0.1) is 6.92 Å². The van der Waals surface area contributed by atoms with E-state index in [9.17, 15) is 18.0 Å². The molecule has 0 aromatic heterocycles. The van der Waals surface area contributed by atoms with Crippen molar-refractivity contribution in [3.05, 3.63) is 65.2 Å². The molecule has 0 aliphatic carbocycles. The van der Waals surface area contributed by atoms with Crippen LogP contribution in [0.5, 0.6) is 0 Å². The number of nitrogens with zero attached hydrogens (tertiary/aromatic N) is 1. The van der Waals surface area contributed by atoms with Gasteiger partial charge >= 0.3 is 0 Å². The number of carbonyl (C=O) groups excluding carboxylic acids is 2. The lowest BCUT2D eigenvalue weighted by atomic mass is 10.1. The lowest BCUT2D eigenvalue weighted by molar-refractivity contribution is 0.0846. The van der Waals surface area contributed by atoms with Crippen molar-refractivity contribution < 1.29 is 18.0 Å².